The number of piperazine rings is 1. The molecule has 6 heterocycles. The molecule has 2 saturated heterocycles. The Morgan fingerprint density at radius 2 is 1.89 bits per heavy atom. The van der Waals surface area contributed by atoms with Gasteiger partial charge in [-0.25, -0.2) is 13.8 Å². The maximum Gasteiger partial charge on any atom is 0.320 e. The molecular formula is C31H35F2N11OS2. The Kier molecular flexibility index (Phi) is 7.82. The largest absolute Gasteiger partial charge is 0.462 e. The third kappa shape index (κ3) is 5.27. The van der Waals surface area contributed by atoms with Gasteiger partial charge in [-0.2, -0.15) is 20.5 Å². The Morgan fingerprint density at radius 3 is 2.55 bits per heavy atom. The number of pyridine rings is 1. The highest BCUT2D eigenvalue weighted by Crippen LogP contribution is 2.61. The van der Waals surface area contributed by atoms with Gasteiger partial charge in [0.25, 0.3) is 5.92 Å². The Bertz CT molecular complexity index is 1790. The molecule has 0 radical (unpaired) electrons. The second kappa shape index (κ2) is 11.6. The lowest BCUT2D eigenvalue weighted by Crippen LogP contribution is -2.57. The van der Waals surface area contributed by atoms with Crippen LogP contribution in [0, 0.1) is 28.1 Å². The van der Waals surface area contributed by atoms with Gasteiger partial charge in [0.1, 0.15) is 35.1 Å². The van der Waals surface area contributed by atoms with E-state index >= 15 is 0 Å². The molecule has 16 heteroatoms. The molecule has 12 nitrogen and oxygen atoms in total. The van der Waals surface area contributed by atoms with Crippen molar-refractivity contribution in [1.29, 1.82) is 10.5 Å². The molecular weight excluding hydrogens is 645 g/mol. The number of thioether (sulfide) groups is 1. The molecule has 1 aliphatic carbocycles. The number of ether oxygens (including phenoxy) is 1. The molecule has 0 aromatic carbocycles. The van der Waals surface area contributed by atoms with Crippen molar-refractivity contribution in [3.63, 3.8) is 0 Å². The van der Waals surface area contributed by atoms with Crippen LogP contribution in [0.25, 0.3) is 0 Å². The van der Waals surface area contributed by atoms with Gasteiger partial charge in [-0.3, -0.25) is 4.90 Å². The van der Waals surface area contributed by atoms with Gasteiger partial charge in [0, 0.05) is 87.2 Å². The van der Waals surface area contributed by atoms with Crippen molar-refractivity contribution >= 4 is 45.6 Å². The van der Waals surface area contributed by atoms with E-state index in [0.29, 0.717) is 54.2 Å². The number of anilines is 4. The number of hydrogen-bond donors (Lipinski definition) is 3. The number of nitrogens with two attached hydrogens (primary N) is 2. The van der Waals surface area contributed by atoms with Gasteiger partial charge in [0.15, 0.2) is 11.6 Å². The Morgan fingerprint density at radius 1 is 1.17 bits per heavy atom. The number of nitrogens with zero attached hydrogens (tertiary/aromatic N) is 8. The third-order valence-corrected chi connectivity index (χ3v) is 12.5. The molecule has 0 unspecified atom stereocenters. The molecule has 5 N–H and O–H groups in total. The molecule has 3 aromatic rings. The first-order valence-corrected chi connectivity index (χ1v) is 17.2. The Balaban J connectivity index is 1.22. The fraction of sp³-hybridized carbons (Fsp3) is 0.516. The monoisotopic (exact) mass is 679 g/mol. The molecule has 0 amide bonds. The standard InChI is InChI=1S/C31H35F2N11OS2/c1-18(19-4-3-5-39-24(19)36)42(2)26-21(11-35)27(44-15-30(16-44)23-20(10-34)25(37)47-22(23)12-46-30)41-28(40-26)45-17-29(13-31(29,32)33)14-43-8-6-38-7-9-43/h3-5,18,38H,6-9,12-17,37H2,1-2H3,(H2,36,39)/t18-,29-/m1/s1. The predicted molar refractivity (Wildman–Crippen MR) is 178 cm³/mol. The molecule has 1 spiro atoms. The van der Waals surface area contributed by atoms with E-state index in [1.807, 2.05) is 22.8 Å². The number of hydrogen-bond acceptors (Lipinski definition) is 14. The normalized spacial score (nSPS) is 23.0. The predicted octanol–water partition coefficient (Wildman–Crippen LogP) is 3.31. The molecule has 3 fully saturated rings. The van der Waals surface area contributed by atoms with Crippen molar-refractivity contribution in [3.05, 3.63) is 45.5 Å². The van der Waals surface area contributed by atoms with Gasteiger partial charge >= 0.3 is 6.01 Å². The van der Waals surface area contributed by atoms with Crippen molar-refractivity contribution < 1.29 is 13.5 Å². The van der Waals surface area contributed by atoms with Crippen LogP contribution in [0.4, 0.5) is 31.2 Å². The van der Waals surface area contributed by atoms with E-state index in [-0.39, 0.29) is 41.9 Å². The quantitative estimate of drug-likeness (QED) is 0.301. The van der Waals surface area contributed by atoms with Crippen LogP contribution < -0.4 is 31.3 Å². The maximum absolute atomic E-state index is 14.9. The van der Waals surface area contributed by atoms with E-state index in [0.717, 1.165) is 34.8 Å². The highest BCUT2D eigenvalue weighted by atomic mass is 32.2. The van der Waals surface area contributed by atoms with E-state index < -0.39 is 11.3 Å². The topological polar surface area (TPSA) is 169 Å². The van der Waals surface area contributed by atoms with Crippen molar-refractivity contribution in [2.45, 2.75) is 35.8 Å². The summed E-state index contributed by atoms with van der Waals surface area (Å²) in [6.45, 7) is 5.75. The van der Waals surface area contributed by atoms with E-state index in [2.05, 4.69) is 32.4 Å². The number of rotatable bonds is 9. The number of aromatic nitrogens is 3. The molecule has 246 valence electrons. The number of alkyl halides is 2. The maximum atomic E-state index is 14.9. The SMILES string of the molecule is C[C@H](c1cccnc1N)N(C)c1nc(OC[C@]2(CN3CCNCC3)CC2(F)F)nc(N2CC3(C2)SCc2sc(N)c(C#N)c23)c1C#N. The molecule has 3 aromatic heterocycles. The van der Waals surface area contributed by atoms with Crippen LogP contribution in [0.15, 0.2) is 18.3 Å². The first-order valence-electron chi connectivity index (χ1n) is 15.4. The van der Waals surface area contributed by atoms with Gasteiger partial charge in [-0.1, -0.05) is 6.07 Å². The van der Waals surface area contributed by atoms with Crippen molar-refractivity contribution in [3.8, 4) is 18.1 Å². The number of nitrogen functional groups attached to an aromatic ring is 2. The average molecular weight is 680 g/mol. The molecule has 47 heavy (non-hydrogen) atoms. The van der Waals surface area contributed by atoms with Crippen LogP contribution in [0.1, 0.15) is 46.5 Å². The number of fused-ring (bicyclic) bond motifs is 2. The number of nitriles is 2. The van der Waals surface area contributed by atoms with Gasteiger partial charge < -0.3 is 31.3 Å². The zero-order valence-electron chi connectivity index (χ0n) is 26.1. The molecule has 0 bridgehead atoms. The summed E-state index contributed by atoms with van der Waals surface area (Å²) in [5.41, 5.74) is 13.5. The summed E-state index contributed by atoms with van der Waals surface area (Å²) >= 11 is 3.20. The summed E-state index contributed by atoms with van der Waals surface area (Å²) < 4.78 is 35.6. The summed E-state index contributed by atoms with van der Waals surface area (Å²) in [5, 5.41) is 24.1. The third-order valence-electron chi connectivity index (χ3n) is 9.87. The minimum absolute atomic E-state index is 0.0761. The van der Waals surface area contributed by atoms with E-state index in [1.54, 1.807) is 36.0 Å². The summed E-state index contributed by atoms with van der Waals surface area (Å²) in [6.07, 6.45) is 1.34. The average Bonchev–Trinajstić information content (AvgIpc) is 3.27. The lowest BCUT2D eigenvalue weighted by molar-refractivity contribution is 0.0200. The van der Waals surface area contributed by atoms with Gasteiger partial charge in [0.2, 0.25) is 0 Å². The molecule has 7 rings (SSSR count). The second-order valence-electron chi connectivity index (χ2n) is 12.8. The Hall–Kier alpha value is -3.96. The van der Waals surface area contributed by atoms with Crippen molar-refractivity contribution in [2.24, 2.45) is 5.41 Å². The molecule has 2 atom stereocenters. The van der Waals surface area contributed by atoms with Crippen LogP contribution in [0.2, 0.25) is 0 Å². The van der Waals surface area contributed by atoms with Gasteiger partial charge in [0.05, 0.1) is 21.8 Å². The first-order chi connectivity index (χ1) is 22.5. The Labute approximate surface area is 279 Å². The zero-order chi connectivity index (χ0) is 33.1. The van der Waals surface area contributed by atoms with Gasteiger partial charge in [-0.05, 0) is 13.0 Å². The minimum atomic E-state index is -2.86. The van der Waals surface area contributed by atoms with Crippen LogP contribution >= 0.6 is 23.1 Å². The van der Waals surface area contributed by atoms with Crippen LogP contribution in [-0.4, -0.2) is 85.2 Å². The fourth-order valence-electron chi connectivity index (χ4n) is 6.93. The first kappa shape index (κ1) is 31.6. The van der Waals surface area contributed by atoms with E-state index in [1.165, 1.54) is 11.3 Å². The molecule has 3 aliphatic heterocycles. The highest BCUT2D eigenvalue weighted by Gasteiger charge is 2.72. The summed E-state index contributed by atoms with van der Waals surface area (Å²) in [4.78, 5) is 20.5. The van der Waals surface area contributed by atoms with Crippen LogP contribution in [-0.2, 0) is 10.5 Å². The summed E-state index contributed by atoms with van der Waals surface area (Å²) in [5.74, 6) is -1.11. The number of nitrogens with one attached hydrogen (secondary N) is 1. The lowest BCUT2D eigenvalue weighted by atomic mass is 9.88. The highest BCUT2D eigenvalue weighted by molar-refractivity contribution is 8.00. The van der Waals surface area contributed by atoms with Crippen molar-refractivity contribution in [2.75, 3.05) is 80.7 Å². The molecule has 4 aliphatic rings. The van der Waals surface area contributed by atoms with Crippen molar-refractivity contribution in [1.82, 2.24) is 25.2 Å². The molecule has 1 saturated carbocycles. The fourth-order valence-corrected chi connectivity index (χ4v) is 9.74. The van der Waals surface area contributed by atoms with E-state index in [4.69, 9.17) is 16.2 Å². The minimum Gasteiger partial charge on any atom is -0.462 e. The van der Waals surface area contributed by atoms with E-state index in [9.17, 15) is 19.3 Å². The van der Waals surface area contributed by atoms with Crippen LogP contribution in [0.5, 0.6) is 6.01 Å². The van der Waals surface area contributed by atoms with Crippen LogP contribution in [0.3, 0.4) is 0 Å². The zero-order valence-corrected chi connectivity index (χ0v) is 27.7. The smallest absolute Gasteiger partial charge is 0.320 e. The second-order valence-corrected chi connectivity index (χ2v) is 15.3. The summed E-state index contributed by atoms with van der Waals surface area (Å²) in [6, 6.07) is 7.80. The summed E-state index contributed by atoms with van der Waals surface area (Å²) in [7, 11) is 1.79. The number of thiophene rings is 1. The van der Waals surface area contributed by atoms with Gasteiger partial charge in [-0.15, -0.1) is 23.1 Å². The number of halogens is 2. The lowest BCUT2D eigenvalue weighted by Gasteiger charge is -2.48.